The number of amides is 2. The van der Waals surface area contributed by atoms with Crippen LogP contribution in [-0.2, 0) is 11.3 Å². The van der Waals surface area contributed by atoms with E-state index >= 15 is 0 Å². The lowest BCUT2D eigenvalue weighted by atomic mass is 10.1. The average Bonchev–Trinajstić information content (AvgIpc) is 2.96. The van der Waals surface area contributed by atoms with E-state index in [4.69, 9.17) is 21.4 Å². The predicted octanol–water partition coefficient (Wildman–Crippen LogP) is 3.99. The van der Waals surface area contributed by atoms with Crippen LogP contribution in [0, 0.1) is 0 Å². The Hall–Kier alpha value is -3.03. The molecule has 0 fully saturated rings. The summed E-state index contributed by atoms with van der Waals surface area (Å²) < 4.78 is 5.37. The van der Waals surface area contributed by atoms with Crippen molar-refractivity contribution in [1.82, 2.24) is 10.2 Å². The molecule has 0 unspecified atom stereocenters. The van der Waals surface area contributed by atoms with Crippen LogP contribution < -0.4 is 15.0 Å². The Morgan fingerprint density at radius 1 is 1.21 bits per heavy atom. The molecule has 0 aliphatic carbocycles. The lowest BCUT2D eigenvalue weighted by Gasteiger charge is -2.24. The van der Waals surface area contributed by atoms with Crippen LogP contribution in [-0.4, -0.2) is 54.7 Å². The van der Waals surface area contributed by atoms with E-state index in [1.165, 1.54) is 11.0 Å². The van der Waals surface area contributed by atoms with E-state index in [9.17, 15) is 9.59 Å². The van der Waals surface area contributed by atoms with Crippen LogP contribution in [0.2, 0.25) is 5.02 Å². The first-order valence-electron chi connectivity index (χ1n) is 11.6. The van der Waals surface area contributed by atoms with E-state index in [0.29, 0.717) is 24.5 Å². The smallest absolute Gasteiger partial charge is 0.260 e. The molecule has 2 N–H and O–H groups in total. The number of unbranched alkanes of at least 4 members (excludes halogenated alkanes) is 2. The Kier molecular flexibility index (Phi) is 9.36. The fourth-order valence-corrected chi connectivity index (χ4v) is 4.09. The summed E-state index contributed by atoms with van der Waals surface area (Å²) in [6.07, 6.45) is 3.34. The van der Waals surface area contributed by atoms with Gasteiger partial charge in [-0.15, -0.1) is 0 Å². The summed E-state index contributed by atoms with van der Waals surface area (Å²) in [4.78, 5) is 29.9. The van der Waals surface area contributed by atoms with Crippen molar-refractivity contribution in [1.29, 1.82) is 0 Å². The third kappa shape index (κ3) is 6.52. The molecule has 0 spiro atoms. The molecule has 182 valence electrons. The van der Waals surface area contributed by atoms with Crippen molar-refractivity contribution in [2.75, 3.05) is 37.7 Å². The van der Waals surface area contributed by atoms with Gasteiger partial charge in [-0.1, -0.05) is 56.1 Å². The molecular formula is C26H32ClN3O4. The molecule has 3 rings (SSSR count). The van der Waals surface area contributed by atoms with Crippen molar-refractivity contribution in [2.24, 2.45) is 0 Å². The van der Waals surface area contributed by atoms with Gasteiger partial charge in [-0.3, -0.25) is 14.5 Å². The first kappa shape index (κ1) is 25.6. The highest BCUT2D eigenvalue weighted by atomic mass is 35.5. The number of aliphatic hydroxyl groups excluding tert-OH is 1. The number of fused-ring (bicyclic) bond motifs is 1. The number of ether oxygens (including phenoxy) is 1. The normalized spacial score (nSPS) is 13.3. The monoisotopic (exact) mass is 485 g/mol. The number of hydrogen-bond donors (Lipinski definition) is 2. The van der Waals surface area contributed by atoms with Gasteiger partial charge in [-0.25, -0.2) is 0 Å². The molecule has 0 bridgehead atoms. The molecule has 7 nitrogen and oxygen atoms in total. The van der Waals surface area contributed by atoms with Gasteiger partial charge >= 0.3 is 0 Å². The van der Waals surface area contributed by atoms with Crippen LogP contribution in [0.3, 0.4) is 0 Å². The molecule has 2 aromatic rings. The number of carbonyl (C=O) groups excluding carboxylic acids is 2. The third-order valence-electron chi connectivity index (χ3n) is 5.60. The van der Waals surface area contributed by atoms with Gasteiger partial charge in [0.25, 0.3) is 5.91 Å². The number of hydrogen-bond acceptors (Lipinski definition) is 5. The summed E-state index contributed by atoms with van der Waals surface area (Å²) >= 11 is 6.39. The fourth-order valence-electron chi connectivity index (χ4n) is 3.84. The van der Waals surface area contributed by atoms with E-state index < -0.39 is 0 Å². The molecule has 2 amide bonds. The van der Waals surface area contributed by atoms with Crippen molar-refractivity contribution >= 4 is 29.1 Å². The third-order valence-corrected chi connectivity index (χ3v) is 5.92. The minimum atomic E-state index is -0.363. The van der Waals surface area contributed by atoms with Crippen LogP contribution in [0.25, 0.3) is 0 Å². The van der Waals surface area contributed by atoms with Crippen LogP contribution in [0.1, 0.15) is 42.1 Å². The van der Waals surface area contributed by atoms with Gasteiger partial charge in [0.2, 0.25) is 5.91 Å². The SMILES string of the molecule is C=C(CN1Cc2ccccc2N(C(=O)c2ccc(OCCO)cc2Cl)CC1=O)NCCCCC. The van der Waals surface area contributed by atoms with Crippen LogP contribution in [0.15, 0.2) is 54.7 Å². The molecule has 0 saturated heterocycles. The zero-order valence-electron chi connectivity index (χ0n) is 19.6. The Morgan fingerprint density at radius 3 is 2.74 bits per heavy atom. The van der Waals surface area contributed by atoms with E-state index in [1.54, 1.807) is 17.0 Å². The highest BCUT2D eigenvalue weighted by Gasteiger charge is 2.30. The molecule has 0 saturated carbocycles. The minimum absolute atomic E-state index is 0.0992. The highest BCUT2D eigenvalue weighted by Crippen LogP contribution is 2.30. The summed E-state index contributed by atoms with van der Waals surface area (Å²) in [5.41, 5.74) is 2.61. The van der Waals surface area contributed by atoms with Crippen molar-refractivity contribution in [3.8, 4) is 5.75 Å². The number of aliphatic hydroxyl groups is 1. The molecule has 8 heteroatoms. The number of para-hydroxylation sites is 1. The maximum atomic E-state index is 13.5. The van der Waals surface area contributed by atoms with Gasteiger partial charge in [0.05, 0.1) is 23.7 Å². The fraction of sp³-hybridized carbons (Fsp3) is 0.385. The van der Waals surface area contributed by atoms with Gasteiger partial charge in [0.1, 0.15) is 18.9 Å². The van der Waals surface area contributed by atoms with E-state index in [-0.39, 0.29) is 42.2 Å². The van der Waals surface area contributed by atoms with Gasteiger partial charge in [0.15, 0.2) is 0 Å². The van der Waals surface area contributed by atoms with Gasteiger partial charge in [-0.05, 0) is 36.2 Å². The number of benzene rings is 2. The summed E-state index contributed by atoms with van der Waals surface area (Å²) in [7, 11) is 0. The molecule has 0 radical (unpaired) electrons. The largest absolute Gasteiger partial charge is 0.491 e. The van der Waals surface area contributed by atoms with Crippen molar-refractivity contribution in [3.05, 3.63) is 70.9 Å². The summed E-state index contributed by atoms with van der Waals surface area (Å²) in [6.45, 7) is 7.73. The second-order valence-corrected chi connectivity index (χ2v) is 8.63. The zero-order chi connectivity index (χ0) is 24.5. The Balaban J connectivity index is 1.79. The molecule has 1 heterocycles. The second kappa shape index (κ2) is 12.4. The van der Waals surface area contributed by atoms with E-state index in [1.807, 2.05) is 24.3 Å². The first-order valence-corrected chi connectivity index (χ1v) is 11.9. The second-order valence-electron chi connectivity index (χ2n) is 8.22. The van der Waals surface area contributed by atoms with Gasteiger partial charge in [0, 0.05) is 24.5 Å². The molecule has 2 aromatic carbocycles. The van der Waals surface area contributed by atoms with Gasteiger partial charge < -0.3 is 20.1 Å². The number of nitrogens with zero attached hydrogens (tertiary/aromatic N) is 2. The number of rotatable bonds is 11. The Labute approximate surface area is 206 Å². The van der Waals surface area contributed by atoms with E-state index in [0.717, 1.165) is 37.1 Å². The molecular weight excluding hydrogens is 454 g/mol. The summed E-state index contributed by atoms with van der Waals surface area (Å²) in [5, 5.41) is 12.5. The molecule has 1 aliphatic heterocycles. The maximum absolute atomic E-state index is 13.5. The molecule has 0 atom stereocenters. The summed E-state index contributed by atoms with van der Waals surface area (Å²) in [6, 6.07) is 12.3. The van der Waals surface area contributed by atoms with Crippen molar-refractivity contribution in [2.45, 2.75) is 32.7 Å². The predicted molar refractivity (Wildman–Crippen MR) is 134 cm³/mol. The lowest BCUT2D eigenvalue weighted by molar-refractivity contribution is -0.129. The van der Waals surface area contributed by atoms with Gasteiger partial charge in [-0.2, -0.15) is 0 Å². The number of anilines is 1. The number of halogens is 1. The van der Waals surface area contributed by atoms with Crippen LogP contribution in [0.5, 0.6) is 5.75 Å². The molecule has 34 heavy (non-hydrogen) atoms. The average molecular weight is 486 g/mol. The molecule has 1 aliphatic rings. The zero-order valence-corrected chi connectivity index (χ0v) is 20.3. The first-order chi connectivity index (χ1) is 16.4. The van der Waals surface area contributed by atoms with E-state index in [2.05, 4.69) is 18.8 Å². The standard InChI is InChI=1S/C26H32ClN3O4/c1-3-4-7-12-28-19(2)16-29-17-20-8-5-6-9-24(20)30(18-25(29)32)26(33)22-11-10-21(15-23(22)27)34-14-13-31/h5-6,8-11,15,28,31H,2-4,7,12-14,16-18H2,1H3. The Bertz CT molecular complexity index is 1030. The maximum Gasteiger partial charge on any atom is 0.260 e. The number of nitrogens with one attached hydrogen (secondary N) is 1. The lowest BCUT2D eigenvalue weighted by Crippen LogP contribution is -2.41. The van der Waals surface area contributed by atoms with Crippen molar-refractivity contribution < 1.29 is 19.4 Å². The minimum Gasteiger partial charge on any atom is -0.491 e. The highest BCUT2D eigenvalue weighted by molar-refractivity contribution is 6.34. The quantitative estimate of drug-likeness (QED) is 0.470. The molecule has 0 aromatic heterocycles. The Morgan fingerprint density at radius 2 is 2.00 bits per heavy atom. The number of carbonyl (C=O) groups is 2. The van der Waals surface area contributed by atoms with Crippen LogP contribution >= 0.6 is 11.6 Å². The topological polar surface area (TPSA) is 82.1 Å². The van der Waals surface area contributed by atoms with Crippen LogP contribution in [0.4, 0.5) is 5.69 Å². The summed E-state index contributed by atoms with van der Waals surface area (Å²) in [5.74, 6) is -0.0722. The van der Waals surface area contributed by atoms with Crippen molar-refractivity contribution in [3.63, 3.8) is 0 Å².